The maximum atomic E-state index is 13.8. The third kappa shape index (κ3) is 3.95. The first kappa shape index (κ1) is 15.3. The molecule has 21 heavy (non-hydrogen) atoms. The zero-order valence-electron chi connectivity index (χ0n) is 12.7. The topological polar surface area (TPSA) is 24.5 Å². The average molecular weight is 288 g/mol. The number of ether oxygens (including phenoxy) is 1. The molecule has 0 radical (unpaired) electrons. The molecule has 0 heterocycles. The average Bonchev–Trinajstić information content (AvgIpc) is 2.51. The van der Waals surface area contributed by atoms with Crippen LogP contribution in [0.25, 0.3) is 0 Å². The first-order valence-electron chi connectivity index (χ1n) is 7.02. The summed E-state index contributed by atoms with van der Waals surface area (Å²) in [5.41, 5.74) is 2.75. The van der Waals surface area contributed by atoms with Crippen molar-refractivity contribution in [3.8, 4) is 5.75 Å². The van der Waals surface area contributed by atoms with E-state index in [-0.39, 0.29) is 5.82 Å². The molecule has 4 heteroatoms. The third-order valence-electron chi connectivity index (χ3n) is 3.37. The molecular formula is C17H21FN2O. The van der Waals surface area contributed by atoms with E-state index in [0.717, 1.165) is 29.2 Å². The molecular weight excluding hydrogens is 267 g/mol. The number of methoxy groups -OCH3 is 1. The van der Waals surface area contributed by atoms with E-state index in [9.17, 15) is 4.39 Å². The summed E-state index contributed by atoms with van der Waals surface area (Å²) in [4.78, 5) is 1.96. The highest BCUT2D eigenvalue weighted by Crippen LogP contribution is 2.27. The van der Waals surface area contributed by atoms with Gasteiger partial charge in [-0.1, -0.05) is 6.92 Å². The number of benzene rings is 2. The van der Waals surface area contributed by atoms with Crippen LogP contribution in [-0.2, 0) is 6.54 Å². The van der Waals surface area contributed by atoms with Gasteiger partial charge in [-0.25, -0.2) is 4.39 Å². The van der Waals surface area contributed by atoms with Crippen molar-refractivity contribution in [2.45, 2.75) is 13.5 Å². The van der Waals surface area contributed by atoms with Gasteiger partial charge in [0, 0.05) is 25.0 Å². The lowest BCUT2D eigenvalue weighted by atomic mass is 10.1. The lowest BCUT2D eigenvalue weighted by Gasteiger charge is -2.21. The van der Waals surface area contributed by atoms with Gasteiger partial charge in [-0.3, -0.25) is 0 Å². The molecule has 0 bridgehead atoms. The van der Waals surface area contributed by atoms with Crippen LogP contribution in [0.2, 0.25) is 0 Å². The molecule has 0 aliphatic rings. The van der Waals surface area contributed by atoms with Crippen LogP contribution in [0, 0.1) is 5.82 Å². The summed E-state index contributed by atoms with van der Waals surface area (Å²) in [6.07, 6.45) is 0. The molecule has 0 fully saturated rings. The van der Waals surface area contributed by atoms with Gasteiger partial charge in [0.1, 0.15) is 11.6 Å². The summed E-state index contributed by atoms with van der Waals surface area (Å²) in [7, 11) is 3.56. The molecule has 3 nitrogen and oxygen atoms in total. The van der Waals surface area contributed by atoms with Crippen LogP contribution >= 0.6 is 0 Å². The third-order valence-corrected chi connectivity index (χ3v) is 3.37. The quantitative estimate of drug-likeness (QED) is 0.877. The number of nitrogens with one attached hydrogen (secondary N) is 1. The minimum atomic E-state index is -0.222. The second kappa shape index (κ2) is 7.09. The highest BCUT2D eigenvalue weighted by Gasteiger charge is 2.07. The van der Waals surface area contributed by atoms with Crippen LogP contribution in [0.5, 0.6) is 5.75 Å². The van der Waals surface area contributed by atoms with Crippen LogP contribution < -0.4 is 15.0 Å². The normalized spacial score (nSPS) is 10.5. The van der Waals surface area contributed by atoms with Crippen LogP contribution in [0.1, 0.15) is 12.5 Å². The Balaban J connectivity index is 2.24. The Labute approximate surface area is 125 Å². The van der Waals surface area contributed by atoms with E-state index >= 15 is 0 Å². The van der Waals surface area contributed by atoms with Gasteiger partial charge in [-0.05, 0) is 54.6 Å². The molecule has 0 atom stereocenters. The van der Waals surface area contributed by atoms with Gasteiger partial charge in [0.05, 0.1) is 7.11 Å². The lowest BCUT2D eigenvalue weighted by Crippen LogP contribution is -2.14. The molecule has 0 spiro atoms. The van der Waals surface area contributed by atoms with Crippen molar-refractivity contribution in [1.82, 2.24) is 5.32 Å². The Morgan fingerprint density at radius 1 is 1.10 bits per heavy atom. The van der Waals surface area contributed by atoms with Crippen molar-refractivity contribution in [2.24, 2.45) is 0 Å². The minimum absolute atomic E-state index is 0.222. The maximum Gasteiger partial charge on any atom is 0.125 e. The van der Waals surface area contributed by atoms with E-state index in [2.05, 4.69) is 5.32 Å². The van der Waals surface area contributed by atoms with Crippen molar-refractivity contribution in [1.29, 1.82) is 0 Å². The molecule has 0 aliphatic carbocycles. The smallest absolute Gasteiger partial charge is 0.125 e. The predicted octanol–water partition coefficient (Wildman–Crippen LogP) is 3.71. The van der Waals surface area contributed by atoms with E-state index in [0.29, 0.717) is 6.54 Å². The van der Waals surface area contributed by atoms with Gasteiger partial charge in [0.25, 0.3) is 0 Å². The van der Waals surface area contributed by atoms with Crippen LogP contribution in [0.3, 0.4) is 0 Å². The zero-order valence-corrected chi connectivity index (χ0v) is 12.7. The monoisotopic (exact) mass is 288 g/mol. The van der Waals surface area contributed by atoms with E-state index in [4.69, 9.17) is 4.74 Å². The second-order valence-corrected chi connectivity index (χ2v) is 4.86. The molecule has 0 saturated heterocycles. The molecule has 2 aromatic carbocycles. The van der Waals surface area contributed by atoms with E-state index in [1.807, 2.05) is 49.2 Å². The van der Waals surface area contributed by atoms with Gasteiger partial charge in [-0.15, -0.1) is 0 Å². The van der Waals surface area contributed by atoms with E-state index in [1.165, 1.54) is 0 Å². The van der Waals surface area contributed by atoms with Gasteiger partial charge >= 0.3 is 0 Å². The lowest BCUT2D eigenvalue weighted by molar-refractivity contribution is 0.415. The van der Waals surface area contributed by atoms with Gasteiger partial charge in [0.2, 0.25) is 0 Å². The fourth-order valence-electron chi connectivity index (χ4n) is 2.15. The minimum Gasteiger partial charge on any atom is -0.497 e. The summed E-state index contributed by atoms with van der Waals surface area (Å²) in [5.74, 6) is 0.583. The number of halogens is 1. The van der Waals surface area contributed by atoms with Crippen molar-refractivity contribution >= 4 is 11.4 Å². The standard InChI is InChI=1S/C17H21FN2O/c1-4-19-12-13-9-14(18)11-16(10-13)20(2)15-5-7-17(21-3)8-6-15/h5-11,19H,4,12H2,1-3H3. The summed E-state index contributed by atoms with van der Waals surface area (Å²) < 4.78 is 18.9. The molecule has 0 amide bonds. The van der Waals surface area contributed by atoms with Crippen LogP contribution in [0.15, 0.2) is 42.5 Å². The zero-order chi connectivity index (χ0) is 15.2. The Morgan fingerprint density at radius 3 is 2.43 bits per heavy atom. The number of nitrogens with zero attached hydrogens (tertiary/aromatic N) is 1. The fraction of sp³-hybridized carbons (Fsp3) is 0.294. The van der Waals surface area contributed by atoms with Crippen molar-refractivity contribution in [3.05, 3.63) is 53.8 Å². The maximum absolute atomic E-state index is 13.8. The molecule has 1 N–H and O–H groups in total. The molecule has 0 aromatic heterocycles. The number of anilines is 2. The number of rotatable bonds is 6. The molecule has 2 aromatic rings. The molecule has 0 unspecified atom stereocenters. The Morgan fingerprint density at radius 2 is 1.81 bits per heavy atom. The number of hydrogen-bond acceptors (Lipinski definition) is 3. The van der Waals surface area contributed by atoms with Gasteiger partial charge in [-0.2, -0.15) is 0 Å². The summed E-state index contributed by atoms with van der Waals surface area (Å²) in [5, 5.41) is 3.21. The van der Waals surface area contributed by atoms with Crippen LogP contribution in [0.4, 0.5) is 15.8 Å². The van der Waals surface area contributed by atoms with E-state index in [1.54, 1.807) is 19.2 Å². The Hall–Kier alpha value is -2.07. The molecule has 0 saturated carbocycles. The van der Waals surface area contributed by atoms with Crippen molar-refractivity contribution in [2.75, 3.05) is 25.6 Å². The highest BCUT2D eigenvalue weighted by atomic mass is 19.1. The van der Waals surface area contributed by atoms with Gasteiger partial charge in [0.15, 0.2) is 0 Å². The van der Waals surface area contributed by atoms with E-state index < -0.39 is 0 Å². The van der Waals surface area contributed by atoms with Crippen molar-refractivity contribution < 1.29 is 9.13 Å². The van der Waals surface area contributed by atoms with Crippen molar-refractivity contribution in [3.63, 3.8) is 0 Å². The first-order valence-corrected chi connectivity index (χ1v) is 7.02. The largest absolute Gasteiger partial charge is 0.497 e. The fourth-order valence-corrected chi connectivity index (χ4v) is 2.15. The van der Waals surface area contributed by atoms with Gasteiger partial charge < -0.3 is 15.0 Å². The summed E-state index contributed by atoms with van der Waals surface area (Å²) in [6.45, 7) is 3.56. The predicted molar refractivity (Wildman–Crippen MR) is 84.8 cm³/mol. The summed E-state index contributed by atoms with van der Waals surface area (Å²) in [6, 6.07) is 12.8. The highest BCUT2D eigenvalue weighted by molar-refractivity contribution is 5.63. The summed E-state index contributed by atoms with van der Waals surface area (Å²) >= 11 is 0. The Bertz CT molecular complexity index is 584. The molecule has 0 aliphatic heterocycles. The van der Waals surface area contributed by atoms with Crippen LogP contribution in [-0.4, -0.2) is 20.7 Å². The first-order chi connectivity index (χ1) is 10.1. The molecule has 2 rings (SSSR count). The molecule has 112 valence electrons. The number of hydrogen-bond donors (Lipinski definition) is 1. The SMILES string of the molecule is CCNCc1cc(F)cc(N(C)c2ccc(OC)cc2)c1. The second-order valence-electron chi connectivity index (χ2n) is 4.86. The Kier molecular flexibility index (Phi) is 5.17.